The van der Waals surface area contributed by atoms with Crippen LogP contribution in [0.4, 0.5) is 4.79 Å². The molecule has 0 aliphatic carbocycles. The number of carbonyl (C=O) groups excluding carboxylic acids is 3. The second kappa shape index (κ2) is 12.1. The molecule has 34 heavy (non-hydrogen) atoms. The first-order valence-corrected chi connectivity index (χ1v) is 14.9. The number of hydrogen-bond acceptors (Lipinski definition) is 6. The highest BCUT2D eigenvalue weighted by Crippen LogP contribution is 2.39. The summed E-state index contributed by atoms with van der Waals surface area (Å²) in [6, 6.07) is -0.501. The summed E-state index contributed by atoms with van der Waals surface area (Å²) >= 11 is 0. The number of nitrogens with one attached hydrogen (secondary N) is 1. The minimum atomic E-state index is -1.23. The van der Waals surface area contributed by atoms with Gasteiger partial charge in [0.15, 0.2) is 14.8 Å². The molecule has 9 heteroatoms. The maximum absolute atomic E-state index is 13.1. The van der Waals surface area contributed by atoms with Crippen LogP contribution in [0.1, 0.15) is 40.5 Å². The summed E-state index contributed by atoms with van der Waals surface area (Å²) in [5, 5.41) is 2.93. The standard InChI is InChI=1S/C25H42N2O6Si/c1-9-10-32-24(30)27-14-18(31-6)12-17(27)11-16(2)21(28)13-20-22(23(29)26-20)19(25(3,4)5)15-33-34(7)8/h9,11,17-20,22,34H,1,10,12-15H2,2-8H3,(H,26,29)/t17-,18+,19-,20-,22+/m1/s1. The topological polar surface area (TPSA) is 94.2 Å². The number of β-lactam (4-membered cyclic amide) rings is 1. The Bertz CT molecular complexity index is 791. The largest absolute Gasteiger partial charge is 0.445 e. The first-order chi connectivity index (χ1) is 15.9. The van der Waals surface area contributed by atoms with Gasteiger partial charge in [0.2, 0.25) is 5.91 Å². The maximum atomic E-state index is 13.1. The SMILES string of the molecule is C=CCOC(=O)N1C[C@@H](OC)C[C@H]1C=C(C)C(=O)C[C@H]1NC(=O)[C@H]1[C@@H](CO[SiH](C)C)C(C)(C)C. The first-order valence-electron chi connectivity index (χ1n) is 12.1. The molecule has 5 atom stereocenters. The Kier molecular flexibility index (Phi) is 10.1. The molecule has 2 saturated heterocycles. The fourth-order valence-corrected chi connectivity index (χ4v) is 5.20. The van der Waals surface area contributed by atoms with Crippen molar-refractivity contribution in [1.29, 1.82) is 0 Å². The molecule has 2 fully saturated rings. The molecule has 0 spiro atoms. The zero-order chi connectivity index (χ0) is 25.6. The highest BCUT2D eigenvalue weighted by atomic mass is 28.3. The number of amides is 2. The van der Waals surface area contributed by atoms with Gasteiger partial charge in [0.1, 0.15) is 6.61 Å². The van der Waals surface area contributed by atoms with Gasteiger partial charge in [-0.25, -0.2) is 4.79 Å². The zero-order valence-electron chi connectivity index (χ0n) is 21.8. The lowest BCUT2D eigenvalue weighted by atomic mass is 9.66. The molecule has 0 unspecified atom stereocenters. The van der Waals surface area contributed by atoms with Crippen LogP contribution in [-0.4, -0.2) is 76.8 Å². The van der Waals surface area contributed by atoms with Gasteiger partial charge in [0, 0.05) is 26.2 Å². The minimum Gasteiger partial charge on any atom is -0.445 e. The summed E-state index contributed by atoms with van der Waals surface area (Å²) in [5.41, 5.74) is 0.449. The molecule has 192 valence electrons. The molecule has 2 aliphatic heterocycles. The molecule has 0 saturated carbocycles. The van der Waals surface area contributed by atoms with Crippen molar-refractivity contribution in [2.75, 3.05) is 26.9 Å². The van der Waals surface area contributed by atoms with E-state index in [2.05, 4.69) is 45.8 Å². The summed E-state index contributed by atoms with van der Waals surface area (Å²) in [5.74, 6) is -0.268. The van der Waals surface area contributed by atoms with E-state index in [0.29, 0.717) is 25.1 Å². The molecule has 0 aromatic rings. The van der Waals surface area contributed by atoms with E-state index in [9.17, 15) is 14.4 Å². The predicted octanol–water partition coefficient (Wildman–Crippen LogP) is 3.08. The highest BCUT2D eigenvalue weighted by molar-refractivity contribution is 6.48. The Morgan fingerprint density at radius 2 is 2.00 bits per heavy atom. The van der Waals surface area contributed by atoms with Crippen molar-refractivity contribution in [3.05, 3.63) is 24.3 Å². The lowest BCUT2D eigenvalue weighted by Crippen LogP contribution is -2.63. The van der Waals surface area contributed by atoms with Gasteiger partial charge in [-0.2, -0.15) is 0 Å². The summed E-state index contributed by atoms with van der Waals surface area (Å²) in [7, 11) is 0.383. The summed E-state index contributed by atoms with van der Waals surface area (Å²) in [6.07, 6.45) is 3.59. The number of likely N-dealkylation sites (tertiary alicyclic amines) is 1. The summed E-state index contributed by atoms with van der Waals surface area (Å²) in [4.78, 5) is 39.7. The van der Waals surface area contributed by atoms with Crippen molar-refractivity contribution in [1.82, 2.24) is 10.2 Å². The van der Waals surface area contributed by atoms with Gasteiger partial charge >= 0.3 is 6.09 Å². The van der Waals surface area contributed by atoms with E-state index in [1.807, 2.05) is 6.08 Å². The summed E-state index contributed by atoms with van der Waals surface area (Å²) < 4.78 is 16.6. The molecule has 0 bridgehead atoms. The van der Waals surface area contributed by atoms with Crippen molar-refractivity contribution in [3.63, 3.8) is 0 Å². The predicted molar refractivity (Wildman–Crippen MR) is 134 cm³/mol. The van der Waals surface area contributed by atoms with Crippen LogP contribution in [0.15, 0.2) is 24.3 Å². The number of ether oxygens (including phenoxy) is 2. The third-order valence-electron chi connectivity index (χ3n) is 6.70. The second-order valence-electron chi connectivity index (χ2n) is 10.7. The van der Waals surface area contributed by atoms with Crippen LogP contribution in [0, 0.1) is 17.3 Å². The van der Waals surface area contributed by atoms with Crippen LogP contribution in [0.3, 0.4) is 0 Å². The Morgan fingerprint density at radius 1 is 1.32 bits per heavy atom. The van der Waals surface area contributed by atoms with Crippen LogP contribution < -0.4 is 5.32 Å². The fraction of sp³-hybridized carbons (Fsp3) is 0.720. The average Bonchev–Trinajstić information content (AvgIpc) is 3.16. The average molecular weight is 495 g/mol. The van der Waals surface area contributed by atoms with Crippen molar-refractivity contribution in [2.45, 2.75) is 71.8 Å². The molecule has 8 nitrogen and oxygen atoms in total. The van der Waals surface area contributed by atoms with Crippen LogP contribution in [0.5, 0.6) is 0 Å². The molecule has 2 rings (SSSR count). The van der Waals surface area contributed by atoms with E-state index >= 15 is 0 Å². The monoisotopic (exact) mass is 494 g/mol. The molecular weight excluding hydrogens is 452 g/mol. The van der Waals surface area contributed by atoms with Gasteiger partial charge in [-0.3, -0.25) is 14.5 Å². The molecule has 2 heterocycles. The third kappa shape index (κ3) is 7.26. The highest BCUT2D eigenvalue weighted by Gasteiger charge is 2.49. The van der Waals surface area contributed by atoms with E-state index in [-0.39, 0.29) is 60.2 Å². The van der Waals surface area contributed by atoms with Crippen molar-refractivity contribution < 1.29 is 28.3 Å². The Balaban J connectivity index is 2.10. The maximum Gasteiger partial charge on any atom is 0.410 e. The van der Waals surface area contributed by atoms with Crippen LogP contribution in [0.25, 0.3) is 0 Å². The molecule has 0 aromatic heterocycles. The second-order valence-corrected chi connectivity index (χ2v) is 13.1. The third-order valence-corrected chi connectivity index (χ3v) is 7.56. The number of Topliss-reactive ketones (excluding diaryl/α,β-unsaturated/α-hetero) is 1. The lowest BCUT2D eigenvalue weighted by molar-refractivity contribution is -0.143. The molecule has 0 radical (unpaired) electrons. The van der Waals surface area contributed by atoms with E-state index < -0.39 is 15.1 Å². The van der Waals surface area contributed by atoms with E-state index in [1.165, 1.54) is 6.08 Å². The van der Waals surface area contributed by atoms with E-state index in [1.54, 1.807) is 18.9 Å². The van der Waals surface area contributed by atoms with Gasteiger partial charge in [-0.15, -0.1) is 0 Å². The molecule has 0 aromatic carbocycles. The first kappa shape index (κ1) is 28.3. The quantitative estimate of drug-likeness (QED) is 0.205. The molecule has 2 amide bonds. The number of hydrogen-bond donors (Lipinski definition) is 1. The Labute approximate surface area is 205 Å². The number of carbonyl (C=O) groups is 3. The lowest BCUT2D eigenvalue weighted by Gasteiger charge is -2.46. The van der Waals surface area contributed by atoms with Crippen LogP contribution in [-0.2, 0) is 23.5 Å². The van der Waals surface area contributed by atoms with Gasteiger partial charge in [0.25, 0.3) is 0 Å². The minimum absolute atomic E-state index is 0.0109. The zero-order valence-corrected chi connectivity index (χ0v) is 22.9. The number of rotatable bonds is 11. The van der Waals surface area contributed by atoms with Crippen LogP contribution in [0.2, 0.25) is 13.1 Å². The van der Waals surface area contributed by atoms with E-state index in [0.717, 1.165) is 0 Å². The summed E-state index contributed by atoms with van der Waals surface area (Å²) in [6.45, 7) is 17.0. The van der Waals surface area contributed by atoms with Crippen molar-refractivity contribution in [3.8, 4) is 0 Å². The van der Waals surface area contributed by atoms with Gasteiger partial charge in [-0.05, 0) is 43.3 Å². The van der Waals surface area contributed by atoms with E-state index in [4.69, 9.17) is 13.9 Å². The molecule has 2 aliphatic rings. The Morgan fingerprint density at radius 3 is 2.53 bits per heavy atom. The number of nitrogens with zero attached hydrogens (tertiary/aromatic N) is 1. The van der Waals surface area contributed by atoms with Crippen molar-refractivity contribution >= 4 is 26.8 Å². The fourth-order valence-electron chi connectivity index (χ4n) is 4.60. The smallest absolute Gasteiger partial charge is 0.410 e. The normalized spacial score (nSPS) is 26.2. The van der Waals surface area contributed by atoms with Crippen molar-refractivity contribution in [2.24, 2.45) is 17.3 Å². The van der Waals surface area contributed by atoms with Gasteiger partial charge in [-0.1, -0.05) is 39.5 Å². The number of allylic oxidation sites excluding steroid dienone is 1. The number of methoxy groups -OCH3 is 1. The Hall–Kier alpha value is -1.97. The van der Waals surface area contributed by atoms with Gasteiger partial charge < -0.3 is 19.2 Å². The molecule has 1 N–H and O–H groups in total. The number of ketones is 1. The van der Waals surface area contributed by atoms with Gasteiger partial charge in [0.05, 0.1) is 24.6 Å². The molecular formula is C25H42N2O6Si. The van der Waals surface area contributed by atoms with Crippen LogP contribution >= 0.6 is 0 Å².